The summed E-state index contributed by atoms with van der Waals surface area (Å²) in [5.74, 6) is 1.06. The fraction of sp³-hybridized carbons (Fsp3) is 0.0500. The fourth-order valence-corrected chi connectivity index (χ4v) is 3.05. The zero-order chi connectivity index (χ0) is 18.2. The van der Waals surface area contributed by atoms with Gasteiger partial charge >= 0.3 is 0 Å². The van der Waals surface area contributed by atoms with Crippen LogP contribution >= 0.6 is 0 Å². The molecule has 6 nitrogen and oxygen atoms in total. The zero-order valence-corrected chi connectivity index (χ0v) is 14.0. The van der Waals surface area contributed by atoms with Crippen LogP contribution in [0.2, 0.25) is 0 Å². The van der Waals surface area contributed by atoms with Gasteiger partial charge in [-0.3, -0.25) is 4.98 Å². The molecule has 0 atom stereocenters. The lowest BCUT2D eigenvalue weighted by molar-refractivity contribution is 0.174. The molecule has 27 heavy (non-hydrogen) atoms. The van der Waals surface area contributed by atoms with E-state index in [2.05, 4.69) is 15.3 Å². The number of aromatic nitrogens is 4. The molecule has 0 bridgehead atoms. The van der Waals surface area contributed by atoms with E-state index in [-0.39, 0.29) is 12.6 Å². The molecule has 1 aliphatic rings. The maximum atomic E-state index is 13.3. The Morgan fingerprint density at radius 2 is 1.63 bits per heavy atom. The molecule has 2 aromatic heterocycles. The summed E-state index contributed by atoms with van der Waals surface area (Å²) in [4.78, 5) is 4.08. The van der Waals surface area contributed by atoms with Crippen molar-refractivity contribution in [2.45, 2.75) is 0 Å². The summed E-state index contributed by atoms with van der Waals surface area (Å²) in [6.07, 6.45) is 3.42. The number of hydrogen-bond donors (Lipinski definition) is 0. The maximum Gasteiger partial charge on any atom is 0.231 e. The van der Waals surface area contributed by atoms with Crippen LogP contribution in [0.25, 0.3) is 28.2 Å². The normalized spacial score (nSPS) is 12.3. The van der Waals surface area contributed by atoms with Crippen LogP contribution in [0, 0.1) is 5.82 Å². The Morgan fingerprint density at radius 3 is 2.44 bits per heavy atom. The van der Waals surface area contributed by atoms with Crippen LogP contribution in [0.3, 0.4) is 0 Å². The molecule has 0 amide bonds. The molecule has 0 fully saturated rings. The van der Waals surface area contributed by atoms with E-state index in [1.54, 1.807) is 29.2 Å². The van der Waals surface area contributed by atoms with E-state index in [1.807, 2.05) is 30.3 Å². The highest BCUT2D eigenvalue weighted by Crippen LogP contribution is 2.36. The van der Waals surface area contributed by atoms with E-state index in [1.165, 1.54) is 12.1 Å². The second kappa shape index (κ2) is 6.21. The van der Waals surface area contributed by atoms with Gasteiger partial charge in [-0.2, -0.15) is 0 Å². The summed E-state index contributed by atoms with van der Waals surface area (Å²) < 4.78 is 25.9. The van der Waals surface area contributed by atoms with Crippen LogP contribution in [0.5, 0.6) is 11.5 Å². The minimum atomic E-state index is -0.299. The van der Waals surface area contributed by atoms with Crippen LogP contribution in [-0.4, -0.2) is 26.8 Å². The average Bonchev–Trinajstić information content (AvgIpc) is 3.35. The van der Waals surface area contributed by atoms with E-state index in [4.69, 9.17) is 9.47 Å². The Kier molecular flexibility index (Phi) is 3.57. The Hall–Kier alpha value is -3.74. The van der Waals surface area contributed by atoms with E-state index < -0.39 is 0 Å². The van der Waals surface area contributed by atoms with E-state index in [0.29, 0.717) is 17.2 Å². The first-order valence-corrected chi connectivity index (χ1v) is 8.32. The Labute approximate surface area is 153 Å². The molecule has 0 saturated carbocycles. The molecule has 2 aromatic carbocycles. The zero-order valence-electron chi connectivity index (χ0n) is 14.0. The number of hydrogen-bond acceptors (Lipinski definition) is 5. The highest BCUT2D eigenvalue weighted by atomic mass is 19.1. The third-order valence-corrected chi connectivity index (χ3v) is 4.34. The predicted molar refractivity (Wildman–Crippen MR) is 96.1 cm³/mol. The molecule has 0 spiro atoms. The van der Waals surface area contributed by atoms with Gasteiger partial charge in [-0.1, -0.05) is 5.21 Å². The number of rotatable bonds is 3. The molecule has 3 heterocycles. The van der Waals surface area contributed by atoms with Crippen LogP contribution in [0.4, 0.5) is 4.39 Å². The molecule has 0 unspecified atom stereocenters. The molecule has 0 radical (unpaired) electrons. The molecule has 0 saturated heterocycles. The number of nitrogens with zero attached hydrogens (tertiary/aromatic N) is 4. The number of pyridine rings is 1. The molecule has 5 rings (SSSR count). The molecule has 0 N–H and O–H groups in total. The third kappa shape index (κ3) is 2.69. The summed E-state index contributed by atoms with van der Waals surface area (Å²) in [7, 11) is 0. The summed E-state index contributed by atoms with van der Waals surface area (Å²) in [5, 5.41) is 8.70. The molecule has 132 valence electrons. The molecule has 1 aliphatic heterocycles. The number of benzene rings is 2. The molecule has 4 aromatic rings. The van der Waals surface area contributed by atoms with Crippen LogP contribution < -0.4 is 9.47 Å². The van der Waals surface area contributed by atoms with Crippen molar-refractivity contribution in [1.82, 2.24) is 20.0 Å². The summed E-state index contributed by atoms with van der Waals surface area (Å²) in [6.45, 7) is 0.203. The van der Waals surface area contributed by atoms with Gasteiger partial charge in [0.2, 0.25) is 6.79 Å². The van der Waals surface area contributed by atoms with Crippen molar-refractivity contribution >= 4 is 0 Å². The van der Waals surface area contributed by atoms with Crippen molar-refractivity contribution in [3.05, 3.63) is 72.8 Å². The second-order valence-electron chi connectivity index (χ2n) is 5.98. The Balaban J connectivity index is 1.71. The van der Waals surface area contributed by atoms with Crippen molar-refractivity contribution in [3.8, 4) is 39.7 Å². The SMILES string of the molecule is Fc1ccc(-c2nnn(-c3ccc4c(c3)OCO4)c2-c2ccncc2)cc1. The van der Waals surface area contributed by atoms with Crippen molar-refractivity contribution in [1.29, 1.82) is 0 Å². The van der Waals surface area contributed by atoms with E-state index in [9.17, 15) is 4.39 Å². The monoisotopic (exact) mass is 360 g/mol. The topological polar surface area (TPSA) is 62.1 Å². The van der Waals surface area contributed by atoms with Gasteiger partial charge in [0.05, 0.1) is 5.69 Å². The quantitative estimate of drug-likeness (QED) is 0.555. The molecular weight excluding hydrogens is 347 g/mol. The van der Waals surface area contributed by atoms with Crippen LogP contribution in [0.15, 0.2) is 67.0 Å². The lowest BCUT2D eigenvalue weighted by Gasteiger charge is -2.09. The summed E-state index contributed by atoms with van der Waals surface area (Å²) in [6, 6.07) is 15.5. The second-order valence-corrected chi connectivity index (χ2v) is 5.98. The van der Waals surface area contributed by atoms with Gasteiger partial charge in [0.1, 0.15) is 17.2 Å². The number of halogens is 1. The fourth-order valence-electron chi connectivity index (χ4n) is 3.05. The van der Waals surface area contributed by atoms with Crippen LogP contribution in [0.1, 0.15) is 0 Å². The molecule has 7 heteroatoms. The van der Waals surface area contributed by atoms with Crippen molar-refractivity contribution in [3.63, 3.8) is 0 Å². The Morgan fingerprint density at radius 1 is 0.852 bits per heavy atom. The lowest BCUT2D eigenvalue weighted by Crippen LogP contribution is -2.00. The molecule has 0 aliphatic carbocycles. The van der Waals surface area contributed by atoms with Gasteiger partial charge in [-0.05, 0) is 48.5 Å². The smallest absolute Gasteiger partial charge is 0.231 e. The first-order chi connectivity index (χ1) is 13.3. The van der Waals surface area contributed by atoms with Gasteiger partial charge in [0, 0.05) is 29.6 Å². The highest BCUT2D eigenvalue weighted by Gasteiger charge is 2.20. The van der Waals surface area contributed by atoms with Crippen molar-refractivity contribution < 1.29 is 13.9 Å². The predicted octanol–water partition coefficient (Wildman–Crippen LogP) is 3.86. The summed E-state index contributed by atoms with van der Waals surface area (Å²) >= 11 is 0. The first kappa shape index (κ1) is 15.5. The van der Waals surface area contributed by atoms with Gasteiger partial charge < -0.3 is 9.47 Å². The van der Waals surface area contributed by atoms with Gasteiger partial charge in [0.15, 0.2) is 11.5 Å². The first-order valence-electron chi connectivity index (χ1n) is 8.32. The minimum Gasteiger partial charge on any atom is -0.454 e. The van der Waals surface area contributed by atoms with E-state index in [0.717, 1.165) is 22.5 Å². The standard InChI is InChI=1S/C20H13FN4O2/c21-15-3-1-13(2-4-15)19-20(14-7-9-22-10-8-14)25(24-23-19)16-5-6-17-18(11-16)27-12-26-17/h1-11H,12H2. The van der Waals surface area contributed by atoms with Gasteiger partial charge in [-0.25, -0.2) is 9.07 Å². The minimum absolute atomic E-state index is 0.203. The van der Waals surface area contributed by atoms with Gasteiger partial charge in [-0.15, -0.1) is 5.10 Å². The average molecular weight is 360 g/mol. The summed E-state index contributed by atoms with van der Waals surface area (Å²) in [5.41, 5.74) is 3.89. The lowest BCUT2D eigenvalue weighted by atomic mass is 10.1. The van der Waals surface area contributed by atoms with E-state index >= 15 is 0 Å². The van der Waals surface area contributed by atoms with Crippen LogP contribution in [-0.2, 0) is 0 Å². The third-order valence-electron chi connectivity index (χ3n) is 4.34. The van der Waals surface area contributed by atoms with Crippen molar-refractivity contribution in [2.75, 3.05) is 6.79 Å². The maximum absolute atomic E-state index is 13.3. The largest absolute Gasteiger partial charge is 0.454 e. The van der Waals surface area contributed by atoms with Gasteiger partial charge in [0.25, 0.3) is 0 Å². The molecular formula is C20H13FN4O2. The number of fused-ring (bicyclic) bond motifs is 1. The highest BCUT2D eigenvalue weighted by molar-refractivity contribution is 5.79. The van der Waals surface area contributed by atoms with Crippen molar-refractivity contribution in [2.24, 2.45) is 0 Å². The number of ether oxygens (including phenoxy) is 2. The Bertz CT molecular complexity index is 1110.